The van der Waals surface area contributed by atoms with Gasteiger partial charge in [-0.25, -0.2) is 9.36 Å². The van der Waals surface area contributed by atoms with E-state index in [2.05, 4.69) is 16.0 Å². The number of nitrogens with one attached hydrogen (secondary N) is 2. The van der Waals surface area contributed by atoms with E-state index >= 15 is 0 Å². The summed E-state index contributed by atoms with van der Waals surface area (Å²) in [4.78, 5) is 36.4. The predicted molar refractivity (Wildman–Crippen MR) is 106 cm³/mol. The molecule has 2 aromatic carbocycles. The molecule has 2 N–H and O–H groups in total. The molecule has 156 valence electrons. The Morgan fingerprint density at radius 2 is 1.83 bits per heavy atom. The summed E-state index contributed by atoms with van der Waals surface area (Å²) in [5.74, 6) is -1.12. The molecular weight excluding hydrogens is 416 g/mol. The summed E-state index contributed by atoms with van der Waals surface area (Å²) in [6.45, 7) is -0.450. The van der Waals surface area contributed by atoms with Gasteiger partial charge in [-0.05, 0) is 30.3 Å². The molecule has 2 amide bonds. The van der Waals surface area contributed by atoms with Crippen molar-refractivity contribution in [3.05, 3.63) is 63.6 Å². The molecule has 0 aliphatic rings. The van der Waals surface area contributed by atoms with Crippen molar-refractivity contribution < 1.29 is 23.6 Å². The lowest BCUT2D eigenvalue weighted by Gasteiger charge is -2.10. The molecule has 0 aliphatic carbocycles. The lowest BCUT2D eigenvalue weighted by atomic mass is 10.2. The van der Waals surface area contributed by atoms with Crippen molar-refractivity contribution in [1.29, 1.82) is 0 Å². The summed E-state index contributed by atoms with van der Waals surface area (Å²) < 4.78 is 16.1. The Bertz CT molecular complexity index is 1140. The Labute approximate surface area is 175 Å². The van der Waals surface area contributed by atoms with Gasteiger partial charge in [0.25, 0.3) is 11.8 Å². The molecule has 0 unspecified atom stereocenters. The third kappa shape index (κ3) is 4.44. The molecule has 3 aromatic rings. The minimum atomic E-state index is -0.840. The minimum Gasteiger partial charge on any atom is -0.493 e. The summed E-state index contributed by atoms with van der Waals surface area (Å²) >= 11 is 5.95. The number of benzene rings is 2. The summed E-state index contributed by atoms with van der Waals surface area (Å²) in [6, 6.07) is 11.2. The fourth-order valence-corrected chi connectivity index (χ4v) is 2.83. The van der Waals surface area contributed by atoms with Crippen LogP contribution in [0, 0.1) is 0 Å². The first kappa shape index (κ1) is 20.9. The van der Waals surface area contributed by atoms with E-state index in [4.69, 9.17) is 25.6 Å². The van der Waals surface area contributed by atoms with Crippen LogP contribution in [-0.4, -0.2) is 35.8 Å². The van der Waals surface area contributed by atoms with E-state index in [1.54, 1.807) is 36.4 Å². The number of carbonyl (C=O) groups is 2. The maximum Gasteiger partial charge on any atom is 0.442 e. The van der Waals surface area contributed by atoms with E-state index in [0.717, 1.165) is 4.57 Å². The Hall–Kier alpha value is -3.79. The second-order valence-electron chi connectivity index (χ2n) is 5.91. The molecule has 0 radical (unpaired) electrons. The highest BCUT2D eigenvalue weighted by Crippen LogP contribution is 2.31. The first-order chi connectivity index (χ1) is 14.4. The summed E-state index contributed by atoms with van der Waals surface area (Å²) in [5.41, 5.74) is 5.11. The van der Waals surface area contributed by atoms with E-state index < -0.39 is 24.1 Å². The zero-order valence-corrected chi connectivity index (χ0v) is 16.7. The number of hydrogen-bond donors (Lipinski definition) is 2. The SMILES string of the molecule is COc1ccc(-c2noc(=O)n2CC(=O)NNC(=O)c2ccccc2Cl)cc1OC. The van der Waals surface area contributed by atoms with E-state index in [-0.39, 0.29) is 16.4 Å². The first-order valence-electron chi connectivity index (χ1n) is 8.57. The highest BCUT2D eigenvalue weighted by Gasteiger charge is 2.18. The lowest BCUT2D eigenvalue weighted by Crippen LogP contribution is -2.44. The van der Waals surface area contributed by atoms with Gasteiger partial charge < -0.3 is 9.47 Å². The average Bonchev–Trinajstić information content (AvgIpc) is 3.11. The zero-order valence-electron chi connectivity index (χ0n) is 16.0. The highest BCUT2D eigenvalue weighted by atomic mass is 35.5. The van der Waals surface area contributed by atoms with Crippen molar-refractivity contribution in [3.8, 4) is 22.9 Å². The monoisotopic (exact) mass is 432 g/mol. The number of ether oxygens (including phenoxy) is 2. The van der Waals surface area contributed by atoms with E-state index in [9.17, 15) is 14.4 Å². The zero-order chi connectivity index (χ0) is 21.7. The summed E-state index contributed by atoms with van der Waals surface area (Å²) in [7, 11) is 2.96. The number of carbonyl (C=O) groups excluding carboxylic acids is 2. The van der Waals surface area contributed by atoms with Crippen LogP contribution in [0.25, 0.3) is 11.4 Å². The van der Waals surface area contributed by atoms with Crippen molar-refractivity contribution in [2.45, 2.75) is 6.54 Å². The molecule has 0 saturated carbocycles. The Morgan fingerprint density at radius 1 is 1.10 bits per heavy atom. The van der Waals surface area contributed by atoms with Gasteiger partial charge in [-0.1, -0.05) is 28.9 Å². The Kier molecular flexibility index (Phi) is 6.38. The van der Waals surface area contributed by atoms with Crippen LogP contribution in [-0.2, 0) is 11.3 Å². The van der Waals surface area contributed by atoms with Crippen molar-refractivity contribution in [2.24, 2.45) is 0 Å². The van der Waals surface area contributed by atoms with Gasteiger partial charge in [-0.15, -0.1) is 0 Å². The molecule has 0 spiro atoms. The quantitative estimate of drug-likeness (QED) is 0.567. The maximum atomic E-state index is 12.3. The molecule has 30 heavy (non-hydrogen) atoms. The smallest absolute Gasteiger partial charge is 0.442 e. The lowest BCUT2D eigenvalue weighted by molar-refractivity contribution is -0.122. The van der Waals surface area contributed by atoms with Crippen LogP contribution < -0.4 is 26.1 Å². The summed E-state index contributed by atoms with van der Waals surface area (Å²) in [6.07, 6.45) is 0. The minimum absolute atomic E-state index is 0.105. The molecule has 1 aromatic heterocycles. The molecule has 0 atom stereocenters. The number of nitrogens with zero attached hydrogens (tertiary/aromatic N) is 2. The van der Waals surface area contributed by atoms with Crippen LogP contribution in [0.2, 0.25) is 5.02 Å². The summed E-state index contributed by atoms with van der Waals surface area (Å²) in [5, 5.41) is 3.95. The van der Waals surface area contributed by atoms with Crippen LogP contribution in [0.15, 0.2) is 51.8 Å². The molecule has 0 aliphatic heterocycles. The fourth-order valence-electron chi connectivity index (χ4n) is 2.61. The Morgan fingerprint density at radius 3 is 2.53 bits per heavy atom. The van der Waals surface area contributed by atoms with Gasteiger partial charge >= 0.3 is 5.76 Å². The topological polar surface area (TPSA) is 125 Å². The third-order valence-corrected chi connectivity index (χ3v) is 4.39. The number of aromatic nitrogens is 2. The molecule has 11 heteroatoms. The second-order valence-corrected chi connectivity index (χ2v) is 6.32. The molecule has 10 nitrogen and oxygen atoms in total. The van der Waals surface area contributed by atoms with Crippen LogP contribution in [0.1, 0.15) is 10.4 Å². The number of hydrazine groups is 1. The highest BCUT2D eigenvalue weighted by molar-refractivity contribution is 6.33. The molecule has 1 heterocycles. The van der Waals surface area contributed by atoms with Crippen LogP contribution in [0.3, 0.4) is 0 Å². The van der Waals surface area contributed by atoms with Gasteiger partial charge in [0.1, 0.15) is 6.54 Å². The van der Waals surface area contributed by atoms with Gasteiger partial charge in [0.2, 0.25) is 0 Å². The number of hydrogen-bond acceptors (Lipinski definition) is 7. The largest absolute Gasteiger partial charge is 0.493 e. The van der Waals surface area contributed by atoms with E-state index in [1.807, 2.05) is 0 Å². The van der Waals surface area contributed by atoms with Gasteiger partial charge in [0, 0.05) is 5.56 Å². The van der Waals surface area contributed by atoms with Crippen molar-refractivity contribution in [3.63, 3.8) is 0 Å². The average molecular weight is 433 g/mol. The maximum absolute atomic E-state index is 12.3. The molecule has 0 bridgehead atoms. The predicted octanol–water partition coefficient (Wildman–Crippen LogP) is 1.64. The molecule has 3 rings (SSSR count). The third-order valence-electron chi connectivity index (χ3n) is 4.06. The van der Waals surface area contributed by atoms with Gasteiger partial charge in [0.05, 0.1) is 24.8 Å². The standard InChI is InChI=1S/C19H17ClN4O6/c1-28-14-8-7-11(9-15(14)29-2)17-23-30-19(27)24(17)10-16(25)21-22-18(26)12-5-3-4-6-13(12)20/h3-9H,10H2,1-2H3,(H,21,25)(H,22,26). The Balaban J connectivity index is 1.74. The van der Waals surface area contributed by atoms with Gasteiger partial charge in [-0.2, -0.15) is 0 Å². The molecule has 0 saturated heterocycles. The van der Waals surface area contributed by atoms with Crippen LogP contribution >= 0.6 is 11.6 Å². The number of methoxy groups -OCH3 is 2. The van der Waals surface area contributed by atoms with Gasteiger partial charge in [0.15, 0.2) is 17.3 Å². The number of amides is 2. The first-order valence-corrected chi connectivity index (χ1v) is 8.95. The second kappa shape index (κ2) is 9.14. The molecular formula is C19H17ClN4O6. The van der Waals surface area contributed by atoms with Crippen molar-refractivity contribution in [1.82, 2.24) is 20.6 Å². The number of halogens is 1. The van der Waals surface area contributed by atoms with E-state index in [0.29, 0.717) is 17.1 Å². The normalized spacial score (nSPS) is 10.4. The molecule has 0 fully saturated rings. The number of rotatable bonds is 6. The van der Waals surface area contributed by atoms with Crippen LogP contribution in [0.5, 0.6) is 11.5 Å². The van der Waals surface area contributed by atoms with Crippen molar-refractivity contribution in [2.75, 3.05) is 14.2 Å². The van der Waals surface area contributed by atoms with Gasteiger partial charge in [-0.3, -0.25) is 25.0 Å². The fraction of sp³-hybridized carbons (Fsp3) is 0.158. The van der Waals surface area contributed by atoms with E-state index in [1.165, 1.54) is 20.3 Å². The van der Waals surface area contributed by atoms with Crippen molar-refractivity contribution >= 4 is 23.4 Å². The van der Waals surface area contributed by atoms with Crippen LogP contribution in [0.4, 0.5) is 0 Å².